The Morgan fingerprint density at radius 3 is 2.52 bits per heavy atom. The lowest BCUT2D eigenvalue weighted by Gasteiger charge is -2.32. The molecule has 1 amide bonds. The van der Waals surface area contributed by atoms with Gasteiger partial charge in [0.05, 0.1) is 12.5 Å². The second kappa shape index (κ2) is 7.41. The highest BCUT2D eigenvalue weighted by Gasteiger charge is 2.33. The second-order valence-corrected chi connectivity index (χ2v) is 5.41. The van der Waals surface area contributed by atoms with Crippen LogP contribution in [0.15, 0.2) is 18.2 Å². The number of ether oxygens (including phenoxy) is 1. The molecule has 0 heterocycles. The molecule has 1 atom stereocenters. The summed E-state index contributed by atoms with van der Waals surface area (Å²) in [5.74, 6) is -0.213. The predicted molar refractivity (Wildman–Crippen MR) is 81.5 cm³/mol. The Balaban J connectivity index is 2.92. The summed E-state index contributed by atoms with van der Waals surface area (Å²) in [5, 5.41) is 0. The van der Waals surface area contributed by atoms with Gasteiger partial charge in [-0.2, -0.15) is 0 Å². The van der Waals surface area contributed by atoms with Crippen molar-refractivity contribution in [2.75, 3.05) is 20.2 Å². The molecule has 0 radical (unpaired) electrons. The molecule has 0 aliphatic heterocycles. The van der Waals surface area contributed by atoms with Crippen LogP contribution in [0, 0.1) is 11.2 Å². The number of benzene rings is 1. The molecular weight excluding hydrogens is 271 g/mol. The fraction of sp³-hybridized carbons (Fsp3) is 0.562. The van der Waals surface area contributed by atoms with Crippen LogP contribution in [0.5, 0.6) is 5.75 Å². The Labute approximate surface area is 126 Å². The summed E-state index contributed by atoms with van der Waals surface area (Å²) in [6.45, 7) is 6.95. The van der Waals surface area contributed by atoms with Gasteiger partial charge in [0.2, 0.25) is 5.91 Å². The minimum atomic E-state index is -0.568. The van der Waals surface area contributed by atoms with Gasteiger partial charge in [-0.05, 0) is 38.0 Å². The van der Waals surface area contributed by atoms with Crippen molar-refractivity contribution in [2.45, 2.75) is 33.7 Å². The molecule has 1 rings (SSSR count). The zero-order valence-electron chi connectivity index (χ0n) is 13.3. The Kier molecular flexibility index (Phi) is 6.15. The first-order chi connectivity index (χ1) is 9.91. The average molecular weight is 296 g/mol. The highest BCUT2D eigenvalue weighted by atomic mass is 19.1. The first-order valence-corrected chi connectivity index (χ1v) is 7.23. The van der Waals surface area contributed by atoms with Gasteiger partial charge in [0.1, 0.15) is 0 Å². The minimum Gasteiger partial charge on any atom is -0.494 e. The van der Waals surface area contributed by atoms with E-state index in [1.165, 1.54) is 13.2 Å². The number of hydrogen-bond donors (Lipinski definition) is 1. The zero-order chi connectivity index (χ0) is 16.0. The Bertz CT molecular complexity index is 487. The monoisotopic (exact) mass is 296 g/mol. The Morgan fingerprint density at radius 1 is 1.43 bits per heavy atom. The highest BCUT2D eigenvalue weighted by Crippen LogP contribution is 2.24. The van der Waals surface area contributed by atoms with Gasteiger partial charge in [-0.15, -0.1) is 0 Å². The number of carbonyl (C=O) groups excluding carboxylic acids is 1. The second-order valence-electron chi connectivity index (χ2n) is 5.41. The van der Waals surface area contributed by atoms with Crippen LogP contribution in [-0.2, 0) is 11.3 Å². The molecule has 0 saturated carbocycles. The molecule has 0 aliphatic carbocycles. The van der Waals surface area contributed by atoms with Crippen LogP contribution < -0.4 is 10.5 Å². The maximum Gasteiger partial charge on any atom is 0.230 e. The molecule has 5 heteroatoms. The lowest BCUT2D eigenvalue weighted by Crippen LogP contribution is -2.45. The molecule has 4 nitrogen and oxygen atoms in total. The molecule has 1 unspecified atom stereocenters. The summed E-state index contributed by atoms with van der Waals surface area (Å²) in [7, 11) is 1.42. The number of methoxy groups -OCH3 is 1. The number of hydrogen-bond acceptors (Lipinski definition) is 3. The van der Waals surface area contributed by atoms with Gasteiger partial charge in [0.15, 0.2) is 11.6 Å². The molecule has 0 fully saturated rings. The standard InChI is InChI=1S/C16H25FN2O2/c1-5-16(3,11-18)15(20)19(6-2)10-12-7-8-14(21-4)13(17)9-12/h7-9H,5-6,10-11,18H2,1-4H3. The fourth-order valence-corrected chi connectivity index (χ4v) is 2.12. The van der Waals surface area contributed by atoms with E-state index in [4.69, 9.17) is 10.5 Å². The van der Waals surface area contributed by atoms with E-state index in [-0.39, 0.29) is 11.7 Å². The van der Waals surface area contributed by atoms with Crippen molar-refractivity contribution in [3.8, 4) is 5.75 Å². The molecule has 1 aromatic rings. The van der Waals surface area contributed by atoms with E-state index in [1.807, 2.05) is 20.8 Å². The number of halogens is 1. The van der Waals surface area contributed by atoms with Crippen LogP contribution in [0.1, 0.15) is 32.8 Å². The van der Waals surface area contributed by atoms with E-state index in [1.54, 1.807) is 17.0 Å². The van der Waals surface area contributed by atoms with Crippen LogP contribution in [0.3, 0.4) is 0 Å². The first-order valence-electron chi connectivity index (χ1n) is 7.23. The van der Waals surface area contributed by atoms with Crippen LogP contribution in [0.2, 0.25) is 0 Å². The van der Waals surface area contributed by atoms with Gasteiger partial charge < -0.3 is 15.4 Å². The van der Waals surface area contributed by atoms with Crippen molar-refractivity contribution in [2.24, 2.45) is 11.1 Å². The first kappa shape index (κ1) is 17.4. The lowest BCUT2D eigenvalue weighted by molar-refractivity contribution is -0.141. The van der Waals surface area contributed by atoms with Gasteiger partial charge in [-0.3, -0.25) is 4.79 Å². The van der Waals surface area contributed by atoms with Gasteiger partial charge >= 0.3 is 0 Å². The highest BCUT2D eigenvalue weighted by molar-refractivity contribution is 5.82. The molecular formula is C16H25FN2O2. The summed E-state index contributed by atoms with van der Waals surface area (Å²) in [5.41, 5.74) is 5.91. The zero-order valence-corrected chi connectivity index (χ0v) is 13.3. The minimum absolute atomic E-state index is 0.00577. The Morgan fingerprint density at radius 2 is 2.10 bits per heavy atom. The molecule has 0 aliphatic rings. The van der Waals surface area contributed by atoms with Gasteiger partial charge in [0, 0.05) is 19.6 Å². The quantitative estimate of drug-likeness (QED) is 0.841. The van der Waals surface area contributed by atoms with Gasteiger partial charge in [-0.1, -0.05) is 13.0 Å². The molecule has 1 aromatic carbocycles. The lowest BCUT2D eigenvalue weighted by atomic mass is 9.86. The van der Waals surface area contributed by atoms with Crippen molar-refractivity contribution >= 4 is 5.91 Å². The number of carbonyl (C=O) groups is 1. The SMILES string of the molecule is CCN(Cc1ccc(OC)c(F)c1)C(=O)C(C)(CC)CN. The van der Waals surface area contributed by atoms with Gasteiger partial charge in [0.25, 0.3) is 0 Å². The van der Waals surface area contributed by atoms with E-state index in [9.17, 15) is 9.18 Å². The third-order valence-electron chi connectivity index (χ3n) is 4.01. The molecule has 21 heavy (non-hydrogen) atoms. The van der Waals surface area contributed by atoms with E-state index >= 15 is 0 Å². The maximum atomic E-state index is 13.7. The van der Waals surface area contributed by atoms with Crippen molar-refractivity contribution in [3.05, 3.63) is 29.6 Å². The summed E-state index contributed by atoms with van der Waals surface area (Å²) in [6, 6.07) is 4.75. The van der Waals surface area contributed by atoms with Crippen molar-refractivity contribution in [1.29, 1.82) is 0 Å². The fourth-order valence-electron chi connectivity index (χ4n) is 2.12. The van der Waals surface area contributed by atoms with E-state index in [0.29, 0.717) is 26.1 Å². The van der Waals surface area contributed by atoms with E-state index in [2.05, 4.69) is 0 Å². The van der Waals surface area contributed by atoms with Crippen molar-refractivity contribution < 1.29 is 13.9 Å². The molecule has 0 saturated heterocycles. The van der Waals surface area contributed by atoms with Crippen LogP contribution in [0.25, 0.3) is 0 Å². The van der Waals surface area contributed by atoms with Crippen molar-refractivity contribution in [3.63, 3.8) is 0 Å². The topological polar surface area (TPSA) is 55.6 Å². The summed E-state index contributed by atoms with van der Waals surface area (Å²) >= 11 is 0. The molecule has 0 aromatic heterocycles. The average Bonchev–Trinajstić information content (AvgIpc) is 2.51. The van der Waals surface area contributed by atoms with Crippen LogP contribution in [-0.4, -0.2) is 31.0 Å². The normalized spacial score (nSPS) is 13.6. The Hall–Kier alpha value is -1.62. The summed E-state index contributed by atoms with van der Waals surface area (Å²) in [6.07, 6.45) is 0.676. The number of rotatable bonds is 7. The third-order valence-corrected chi connectivity index (χ3v) is 4.01. The van der Waals surface area contributed by atoms with E-state index < -0.39 is 11.2 Å². The third kappa shape index (κ3) is 3.94. The predicted octanol–water partition coefficient (Wildman–Crippen LogP) is 2.56. The van der Waals surface area contributed by atoms with E-state index in [0.717, 1.165) is 5.56 Å². The number of nitrogens with zero attached hydrogens (tertiary/aromatic N) is 1. The van der Waals surface area contributed by atoms with Crippen molar-refractivity contribution in [1.82, 2.24) is 4.90 Å². The van der Waals surface area contributed by atoms with Gasteiger partial charge in [-0.25, -0.2) is 4.39 Å². The smallest absolute Gasteiger partial charge is 0.230 e. The number of amides is 1. The number of nitrogens with two attached hydrogens (primary N) is 1. The molecule has 118 valence electrons. The molecule has 0 bridgehead atoms. The largest absolute Gasteiger partial charge is 0.494 e. The van der Waals surface area contributed by atoms with Crippen LogP contribution in [0.4, 0.5) is 4.39 Å². The summed E-state index contributed by atoms with van der Waals surface area (Å²) < 4.78 is 18.6. The van der Waals surface area contributed by atoms with Crippen LogP contribution >= 0.6 is 0 Å². The summed E-state index contributed by atoms with van der Waals surface area (Å²) in [4.78, 5) is 14.3. The molecule has 2 N–H and O–H groups in total. The maximum absolute atomic E-state index is 13.7. The molecule has 0 spiro atoms.